The maximum atomic E-state index is 11.7. The number of ether oxygens (including phenoxy) is 1. The smallest absolute Gasteiger partial charge is 0.341 e. The van der Waals surface area contributed by atoms with Crippen molar-refractivity contribution in [3.8, 4) is 0 Å². The molecule has 0 radical (unpaired) electrons. The highest BCUT2D eigenvalue weighted by Gasteiger charge is 2.17. The molecule has 5 heteroatoms. The van der Waals surface area contributed by atoms with Crippen LogP contribution in [0.3, 0.4) is 0 Å². The highest BCUT2D eigenvalue weighted by molar-refractivity contribution is 5.90. The molecular weight excluding hydrogens is 256 g/mol. The molecule has 0 amide bonds. The zero-order valence-corrected chi connectivity index (χ0v) is 12.9. The molecule has 1 aromatic heterocycles. The largest absolute Gasteiger partial charge is 0.467 e. The van der Waals surface area contributed by atoms with Crippen molar-refractivity contribution in [1.29, 1.82) is 0 Å². The van der Waals surface area contributed by atoms with E-state index in [9.17, 15) is 4.79 Å². The van der Waals surface area contributed by atoms with Gasteiger partial charge >= 0.3 is 5.97 Å². The third kappa shape index (κ3) is 4.98. The van der Waals surface area contributed by atoms with Gasteiger partial charge in [0.25, 0.3) is 0 Å². The van der Waals surface area contributed by atoms with Crippen LogP contribution in [0.15, 0.2) is 16.7 Å². The second-order valence-electron chi connectivity index (χ2n) is 5.41. The molecule has 1 unspecified atom stereocenters. The quantitative estimate of drug-likeness (QED) is 0.741. The Bertz CT molecular complexity index is 415. The van der Waals surface area contributed by atoms with Gasteiger partial charge in [-0.15, -0.1) is 0 Å². The van der Waals surface area contributed by atoms with E-state index in [1.54, 1.807) is 13.0 Å². The lowest BCUT2D eigenvalue weighted by atomic mass is 10.0. The zero-order chi connectivity index (χ0) is 15.1. The standard InChI is InChI=1S/C15H26N2O3/c1-5-19-15(18)12-7-9-20-14(12)10-17(4)8-6-13(16)11(2)3/h7,9,11,13H,5-6,8,10,16H2,1-4H3. The lowest BCUT2D eigenvalue weighted by Crippen LogP contribution is -2.31. The number of nitrogens with two attached hydrogens (primary N) is 1. The summed E-state index contributed by atoms with van der Waals surface area (Å²) in [5.74, 6) is 0.787. The Balaban J connectivity index is 2.52. The summed E-state index contributed by atoms with van der Waals surface area (Å²) in [6.45, 7) is 7.83. The van der Waals surface area contributed by atoms with Crippen molar-refractivity contribution in [1.82, 2.24) is 4.90 Å². The minimum absolute atomic E-state index is 0.193. The topological polar surface area (TPSA) is 68.7 Å². The number of nitrogens with zero attached hydrogens (tertiary/aromatic N) is 1. The van der Waals surface area contributed by atoms with Gasteiger partial charge in [-0.2, -0.15) is 0 Å². The Morgan fingerprint density at radius 3 is 2.80 bits per heavy atom. The molecule has 1 heterocycles. The molecule has 1 rings (SSSR count). The molecule has 0 aromatic carbocycles. The van der Waals surface area contributed by atoms with Crippen LogP contribution in [0.5, 0.6) is 0 Å². The van der Waals surface area contributed by atoms with Crippen molar-refractivity contribution < 1.29 is 13.9 Å². The molecule has 0 aliphatic rings. The zero-order valence-electron chi connectivity index (χ0n) is 12.9. The summed E-state index contributed by atoms with van der Waals surface area (Å²) in [6, 6.07) is 1.85. The molecule has 0 saturated heterocycles. The highest BCUT2D eigenvalue weighted by atomic mass is 16.5. The number of rotatable bonds is 8. The number of furan rings is 1. The monoisotopic (exact) mass is 282 g/mol. The average molecular weight is 282 g/mol. The fourth-order valence-electron chi connectivity index (χ4n) is 1.88. The van der Waals surface area contributed by atoms with Gasteiger partial charge in [-0.05, 0) is 38.9 Å². The van der Waals surface area contributed by atoms with E-state index in [1.807, 2.05) is 7.05 Å². The van der Waals surface area contributed by atoms with Gasteiger partial charge in [-0.25, -0.2) is 4.79 Å². The van der Waals surface area contributed by atoms with E-state index in [1.165, 1.54) is 6.26 Å². The average Bonchev–Trinajstić information content (AvgIpc) is 2.84. The minimum Gasteiger partial charge on any atom is -0.467 e. The number of hydrogen-bond donors (Lipinski definition) is 1. The maximum Gasteiger partial charge on any atom is 0.341 e. The maximum absolute atomic E-state index is 11.7. The third-order valence-electron chi connectivity index (χ3n) is 3.35. The third-order valence-corrected chi connectivity index (χ3v) is 3.35. The predicted octanol–water partition coefficient (Wildman–Crippen LogP) is 2.26. The fraction of sp³-hybridized carbons (Fsp3) is 0.667. The van der Waals surface area contributed by atoms with Crippen LogP contribution in [0.2, 0.25) is 0 Å². The summed E-state index contributed by atoms with van der Waals surface area (Å²) in [5.41, 5.74) is 6.54. The van der Waals surface area contributed by atoms with Crippen LogP contribution in [0.4, 0.5) is 0 Å². The summed E-state index contributed by atoms with van der Waals surface area (Å²) in [6.07, 6.45) is 2.44. The van der Waals surface area contributed by atoms with Crippen molar-refractivity contribution in [2.75, 3.05) is 20.2 Å². The fourth-order valence-corrected chi connectivity index (χ4v) is 1.88. The van der Waals surface area contributed by atoms with Crippen molar-refractivity contribution in [2.45, 2.75) is 39.8 Å². The van der Waals surface area contributed by atoms with Gasteiger partial charge in [0.05, 0.1) is 19.4 Å². The van der Waals surface area contributed by atoms with Gasteiger partial charge in [-0.1, -0.05) is 13.8 Å². The van der Waals surface area contributed by atoms with Crippen molar-refractivity contribution in [3.05, 3.63) is 23.7 Å². The lowest BCUT2D eigenvalue weighted by Gasteiger charge is -2.20. The number of esters is 1. The van der Waals surface area contributed by atoms with E-state index in [0.29, 0.717) is 30.4 Å². The number of hydrogen-bond acceptors (Lipinski definition) is 5. The summed E-state index contributed by atoms with van der Waals surface area (Å²) in [5, 5.41) is 0. The first-order valence-electron chi connectivity index (χ1n) is 7.13. The molecule has 1 atom stereocenters. The second kappa shape index (κ2) is 8.07. The van der Waals surface area contributed by atoms with Gasteiger partial charge in [0.1, 0.15) is 11.3 Å². The van der Waals surface area contributed by atoms with E-state index in [0.717, 1.165) is 13.0 Å². The van der Waals surface area contributed by atoms with Crippen LogP contribution in [0.25, 0.3) is 0 Å². The van der Waals surface area contributed by atoms with Gasteiger partial charge in [0.15, 0.2) is 0 Å². The Morgan fingerprint density at radius 1 is 1.50 bits per heavy atom. The minimum atomic E-state index is -0.330. The van der Waals surface area contributed by atoms with Crippen LogP contribution in [-0.2, 0) is 11.3 Å². The van der Waals surface area contributed by atoms with Gasteiger partial charge in [0, 0.05) is 6.04 Å². The first-order valence-corrected chi connectivity index (χ1v) is 7.13. The molecule has 0 bridgehead atoms. The molecule has 0 aliphatic heterocycles. The van der Waals surface area contributed by atoms with Crippen LogP contribution in [-0.4, -0.2) is 37.1 Å². The van der Waals surface area contributed by atoms with Crippen molar-refractivity contribution >= 4 is 5.97 Å². The van der Waals surface area contributed by atoms with E-state index in [4.69, 9.17) is 14.9 Å². The van der Waals surface area contributed by atoms with Gasteiger partial charge in [0.2, 0.25) is 0 Å². The molecule has 0 fully saturated rings. The molecule has 114 valence electrons. The van der Waals surface area contributed by atoms with Gasteiger partial charge < -0.3 is 14.9 Å². The van der Waals surface area contributed by atoms with E-state index in [2.05, 4.69) is 18.7 Å². The Morgan fingerprint density at radius 2 is 2.20 bits per heavy atom. The normalized spacial score (nSPS) is 12.9. The molecular formula is C15H26N2O3. The number of carbonyl (C=O) groups is 1. The van der Waals surface area contributed by atoms with Crippen molar-refractivity contribution in [2.24, 2.45) is 11.7 Å². The number of carbonyl (C=O) groups excluding carboxylic acids is 1. The summed E-state index contributed by atoms with van der Waals surface area (Å²) < 4.78 is 10.4. The van der Waals surface area contributed by atoms with Gasteiger partial charge in [-0.3, -0.25) is 4.90 Å². The van der Waals surface area contributed by atoms with Crippen LogP contribution >= 0.6 is 0 Å². The molecule has 0 saturated carbocycles. The first-order chi connectivity index (χ1) is 9.45. The SMILES string of the molecule is CCOC(=O)c1ccoc1CN(C)CCC(N)C(C)C. The first kappa shape index (κ1) is 16.7. The Labute approximate surface area is 121 Å². The summed E-state index contributed by atoms with van der Waals surface area (Å²) in [4.78, 5) is 13.8. The van der Waals surface area contributed by atoms with Crippen LogP contribution < -0.4 is 5.73 Å². The molecule has 2 N–H and O–H groups in total. The van der Waals surface area contributed by atoms with Crippen LogP contribution in [0, 0.1) is 5.92 Å². The second-order valence-corrected chi connectivity index (χ2v) is 5.41. The van der Waals surface area contributed by atoms with E-state index >= 15 is 0 Å². The molecule has 0 spiro atoms. The van der Waals surface area contributed by atoms with E-state index in [-0.39, 0.29) is 12.0 Å². The molecule has 1 aromatic rings. The van der Waals surface area contributed by atoms with E-state index < -0.39 is 0 Å². The predicted molar refractivity (Wildman–Crippen MR) is 78.4 cm³/mol. The lowest BCUT2D eigenvalue weighted by molar-refractivity contribution is 0.0522. The molecule has 20 heavy (non-hydrogen) atoms. The summed E-state index contributed by atoms with van der Waals surface area (Å²) in [7, 11) is 1.99. The van der Waals surface area contributed by atoms with Crippen LogP contribution in [0.1, 0.15) is 43.3 Å². The summed E-state index contributed by atoms with van der Waals surface area (Å²) >= 11 is 0. The highest BCUT2D eigenvalue weighted by Crippen LogP contribution is 2.15. The molecule has 5 nitrogen and oxygen atoms in total. The van der Waals surface area contributed by atoms with Crippen molar-refractivity contribution in [3.63, 3.8) is 0 Å². The molecule has 0 aliphatic carbocycles. The Hall–Kier alpha value is -1.33. The Kier molecular flexibility index (Phi) is 6.75.